The fraction of sp³-hybridized carbons (Fsp3) is 0.500. The van der Waals surface area contributed by atoms with Crippen molar-refractivity contribution in [3.05, 3.63) is 35.9 Å². The molecule has 14 heavy (non-hydrogen) atoms. The smallest absolute Gasteiger partial charge is 0.0328 e. The molecule has 0 spiro atoms. The number of benzene rings is 1. The largest absolute Gasteiger partial charge is 0.324 e. The summed E-state index contributed by atoms with van der Waals surface area (Å²) in [7, 11) is 0. The van der Waals surface area contributed by atoms with Crippen molar-refractivity contribution in [3.63, 3.8) is 0 Å². The summed E-state index contributed by atoms with van der Waals surface area (Å²) in [6.45, 7) is 3.36. The fourth-order valence-electron chi connectivity index (χ4n) is 2.59. The van der Waals surface area contributed by atoms with Gasteiger partial charge in [0, 0.05) is 25.2 Å². The summed E-state index contributed by atoms with van der Waals surface area (Å²) in [6.07, 6.45) is 1.25. The number of fused-ring (bicyclic) bond motifs is 1. The van der Waals surface area contributed by atoms with E-state index < -0.39 is 0 Å². The Balaban J connectivity index is 1.65. The summed E-state index contributed by atoms with van der Waals surface area (Å²) in [6, 6.07) is 10.6. The summed E-state index contributed by atoms with van der Waals surface area (Å²) in [4.78, 5) is 2.48. The minimum atomic E-state index is 0.189. The molecular formula is C12H16N2. The van der Waals surface area contributed by atoms with Gasteiger partial charge < -0.3 is 5.73 Å². The second-order valence-electron chi connectivity index (χ2n) is 4.79. The Morgan fingerprint density at radius 2 is 2.14 bits per heavy atom. The molecule has 2 atom stereocenters. The van der Waals surface area contributed by atoms with E-state index >= 15 is 0 Å². The average molecular weight is 188 g/mol. The number of hydrogen-bond donors (Lipinski definition) is 1. The van der Waals surface area contributed by atoms with Gasteiger partial charge in [0.25, 0.3) is 0 Å². The molecule has 0 amide bonds. The first-order valence-corrected chi connectivity index (χ1v) is 5.31. The van der Waals surface area contributed by atoms with Crippen LogP contribution in [0.2, 0.25) is 0 Å². The highest BCUT2D eigenvalue weighted by Crippen LogP contribution is 2.47. The molecule has 2 heteroatoms. The van der Waals surface area contributed by atoms with Gasteiger partial charge in [0.15, 0.2) is 0 Å². The van der Waals surface area contributed by atoms with Gasteiger partial charge in [0.2, 0.25) is 0 Å². The number of nitrogens with two attached hydrogens (primary N) is 1. The first kappa shape index (κ1) is 8.45. The van der Waals surface area contributed by atoms with E-state index in [0.717, 1.165) is 19.0 Å². The summed E-state index contributed by atoms with van der Waals surface area (Å²) in [5, 5.41) is 0. The lowest BCUT2D eigenvalue weighted by Gasteiger charge is -2.18. The SMILES string of the molecule is N[C@@]12C[C@@H]1CN(Cc1ccccc1)C2. The van der Waals surface area contributed by atoms with Crippen LogP contribution < -0.4 is 5.73 Å². The number of nitrogens with zero attached hydrogens (tertiary/aromatic N) is 1. The van der Waals surface area contributed by atoms with Crippen molar-refractivity contribution in [1.82, 2.24) is 4.90 Å². The summed E-state index contributed by atoms with van der Waals surface area (Å²) in [5.41, 5.74) is 7.74. The topological polar surface area (TPSA) is 29.3 Å². The predicted molar refractivity (Wildman–Crippen MR) is 56.7 cm³/mol. The first-order chi connectivity index (χ1) is 6.76. The van der Waals surface area contributed by atoms with Gasteiger partial charge in [-0.05, 0) is 17.9 Å². The quantitative estimate of drug-likeness (QED) is 0.756. The van der Waals surface area contributed by atoms with Crippen LogP contribution in [-0.4, -0.2) is 23.5 Å². The molecule has 0 unspecified atom stereocenters. The molecule has 3 rings (SSSR count). The maximum Gasteiger partial charge on any atom is 0.0328 e. The first-order valence-electron chi connectivity index (χ1n) is 5.31. The summed E-state index contributed by atoms with van der Waals surface area (Å²) >= 11 is 0. The van der Waals surface area contributed by atoms with Gasteiger partial charge in [-0.3, -0.25) is 4.90 Å². The Bertz CT molecular complexity index is 335. The zero-order chi connectivity index (χ0) is 9.60. The van der Waals surface area contributed by atoms with Crippen LogP contribution in [0, 0.1) is 5.92 Å². The van der Waals surface area contributed by atoms with Crippen LogP contribution in [0.1, 0.15) is 12.0 Å². The molecule has 2 nitrogen and oxygen atoms in total. The molecule has 74 valence electrons. The van der Waals surface area contributed by atoms with Gasteiger partial charge in [0.1, 0.15) is 0 Å². The molecule has 1 aromatic rings. The number of likely N-dealkylation sites (tertiary alicyclic amines) is 1. The third-order valence-corrected chi connectivity index (χ3v) is 3.52. The molecule has 0 aromatic heterocycles. The van der Waals surface area contributed by atoms with E-state index in [1.807, 2.05) is 0 Å². The fourth-order valence-corrected chi connectivity index (χ4v) is 2.59. The van der Waals surface area contributed by atoms with Crippen LogP contribution in [0.25, 0.3) is 0 Å². The maximum absolute atomic E-state index is 6.15. The van der Waals surface area contributed by atoms with Gasteiger partial charge in [-0.2, -0.15) is 0 Å². The van der Waals surface area contributed by atoms with Crippen molar-refractivity contribution < 1.29 is 0 Å². The van der Waals surface area contributed by atoms with Crippen molar-refractivity contribution in [2.75, 3.05) is 13.1 Å². The molecule has 2 fully saturated rings. The maximum atomic E-state index is 6.15. The van der Waals surface area contributed by atoms with E-state index in [2.05, 4.69) is 35.2 Å². The van der Waals surface area contributed by atoms with Crippen molar-refractivity contribution in [2.24, 2.45) is 11.7 Å². The molecule has 0 bridgehead atoms. The molecule has 1 aliphatic carbocycles. The van der Waals surface area contributed by atoms with Crippen molar-refractivity contribution in [2.45, 2.75) is 18.5 Å². The van der Waals surface area contributed by atoms with E-state index in [4.69, 9.17) is 5.73 Å². The van der Waals surface area contributed by atoms with Crippen LogP contribution in [0.15, 0.2) is 30.3 Å². The lowest BCUT2D eigenvalue weighted by atomic mass is 10.2. The highest BCUT2D eigenvalue weighted by atomic mass is 15.2. The minimum absolute atomic E-state index is 0.189. The molecule has 1 saturated heterocycles. The van der Waals surface area contributed by atoms with Gasteiger partial charge >= 0.3 is 0 Å². The van der Waals surface area contributed by atoms with E-state index in [9.17, 15) is 0 Å². The van der Waals surface area contributed by atoms with E-state index in [1.54, 1.807) is 0 Å². The van der Waals surface area contributed by atoms with E-state index in [1.165, 1.54) is 18.5 Å². The average Bonchev–Trinajstić information content (AvgIpc) is 2.67. The van der Waals surface area contributed by atoms with Crippen molar-refractivity contribution >= 4 is 0 Å². The molecule has 2 N–H and O–H groups in total. The van der Waals surface area contributed by atoms with Crippen LogP contribution in [0.5, 0.6) is 0 Å². The van der Waals surface area contributed by atoms with Crippen LogP contribution in [0.4, 0.5) is 0 Å². The van der Waals surface area contributed by atoms with Gasteiger partial charge in [-0.1, -0.05) is 30.3 Å². The van der Waals surface area contributed by atoms with Crippen molar-refractivity contribution in [1.29, 1.82) is 0 Å². The highest BCUT2D eigenvalue weighted by molar-refractivity contribution is 5.19. The molecule has 1 saturated carbocycles. The van der Waals surface area contributed by atoms with Gasteiger partial charge in [-0.15, -0.1) is 0 Å². The Labute approximate surface area is 84.7 Å². The van der Waals surface area contributed by atoms with Crippen LogP contribution in [0.3, 0.4) is 0 Å². The third-order valence-electron chi connectivity index (χ3n) is 3.52. The van der Waals surface area contributed by atoms with Crippen LogP contribution in [-0.2, 0) is 6.54 Å². The highest BCUT2D eigenvalue weighted by Gasteiger charge is 2.56. The molecule has 1 aromatic carbocycles. The Kier molecular flexibility index (Phi) is 1.70. The zero-order valence-corrected chi connectivity index (χ0v) is 8.32. The second kappa shape index (κ2) is 2.81. The van der Waals surface area contributed by atoms with Crippen LogP contribution >= 0.6 is 0 Å². The molecule has 1 aliphatic heterocycles. The summed E-state index contributed by atoms with van der Waals surface area (Å²) in [5.74, 6) is 0.784. The number of rotatable bonds is 2. The lowest BCUT2D eigenvalue weighted by molar-refractivity contribution is 0.291. The monoisotopic (exact) mass is 188 g/mol. The van der Waals surface area contributed by atoms with Gasteiger partial charge in [-0.25, -0.2) is 0 Å². The number of piperidine rings is 1. The lowest BCUT2D eigenvalue weighted by Crippen LogP contribution is -2.32. The molecular weight excluding hydrogens is 172 g/mol. The Morgan fingerprint density at radius 1 is 1.36 bits per heavy atom. The minimum Gasteiger partial charge on any atom is -0.324 e. The van der Waals surface area contributed by atoms with Gasteiger partial charge in [0.05, 0.1) is 0 Å². The second-order valence-corrected chi connectivity index (χ2v) is 4.79. The summed E-state index contributed by atoms with van der Waals surface area (Å²) < 4.78 is 0. The molecule has 0 radical (unpaired) electrons. The number of hydrogen-bond acceptors (Lipinski definition) is 2. The third kappa shape index (κ3) is 1.35. The zero-order valence-electron chi connectivity index (χ0n) is 8.32. The predicted octanol–water partition coefficient (Wildman–Crippen LogP) is 1.22. The Morgan fingerprint density at radius 3 is 2.79 bits per heavy atom. The Hall–Kier alpha value is -0.860. The van der Waals surface area contributed by atoms with Crippen molar-refractivity contribution in [3.8, 4) is 0 Å². The molecule has 2 aliphatic rings. The normalized spacial score (nSPS) is 35.6. The van der Waals surface area contributed by atoms with E-state index in [-0.39, 0.29) is 5.54 Å². The molecule has 1 heterocycles. The standard InChI is InChI=1S/C12H16N2/c13-12-6-11(12)8-14(9-12)7-10-4-2-1-3-5-10/h1-5,11H,6-9,13H2/t11-,12-/m1/s1. The van der Waals surface area contributed by atoms with E-state index in [0.29, 0.717) is 0 Å².